The quantitative estimate of drug-likeness (QED) is 0.338. The summed E-state index contributed by atoms with van der Waals surface area (Å²) in [6.07, 6.45) is -2.33. The van der Waals surface area contributed by atoms with Crippen LogP contribution in [0, 0.1) is 0 Å². The van der Waals surface area contributed by atoms with Crippen LogP contribution >= 0.6 is 0 Å². The van der Waals surface area contributed by atoms with Crippen LogP contribution in [0.5, 0.6) is 5.75 Å². The van der Waals surface area contributed by atoms with E-state index in [1.54, 1.807) is 4.57 Å². The highest BCUT2D eigenvalue weighted by atomic mass is 19.4. The number of nitrogens with zero attached hydrogens (tertiary/aromatic N) is 4. The number of aryl methyl sites for hydroxylation is 1. The maximum Gasteiger partial charge on any atom is 0.416 e. The zero-order valence-electron chi connectivity index (χ0n) is 21.8. The van der Waals surface area contributed by atoms with E-state index in [9.17, 15) is 22.8 Å². The number of aromatic nitrogens is 4. The van der Waals surface area contributed by atoms with Crippen molar-refractivity contribution in [3.8, 4) is 17.1 Å². The number of anilines is 1. The summed E-state index contributed by atoms with van der Waals surface area (Å²) in [6, 6.07) is 12.5. The summed E-state index contributed by atoms with van der Waals surface area (Å²) >= 11 is 0. The molecule has 1 aliphatic rings. The van der Waals surface area contributed by atoms with Gasteiger partial charge in [-0.15, -0.1) is 0 Å². The monoisotopic (exact) mass is 541 g/mol. The molecule has 1 fully saturated rings. The van der Waals surface area contributed by atoms with Crippen LogP contribution in [0.1, 0.15) is 38.7 Å². The highest BCUT2D eigenvalue weighted by Gasteiger charge is 2.31. The predicted molar refractivity (Wildman–Crippen MR) is 143 cm³/mol. The molecule has 0 amide bonds. The predicted octanol–water partition coefficient (Wildman–Crippen LogP) is 5.05. The topological polar surface area (TPSA) is 85.2 Å². The van der Waals surface area contributed by atoms with Gasteiger partial charge in [-0.3, -0.25) is 13.9 Å². The molecule has 4 aromatic rings. The second-order valence-electron chi connectivity index (χ2n) is 9.72. The molecule has 39 heavy (non-hydrogen) atoms. The van der Waals surface area contributed by atoms with Gasteiger partial charge in [-0.1, -0.05) is 13.8 Å². The summed E-state index contributed by atoms with van der Waals surface area (Å²) in [6.45, 7) is 5.93. The van der Waals surface area contributed by atoms with Crippen molar-refractivity contribution in [2.45, 2.75) is 58.5 Å². The van der Waals surface area contributed by atoms with E-state index < -0.39 is 11.7 Å². The van der Waals surface area contributed by atoms with Crippen molar-refractivity contribution < 1.29 is 17.9 Å². The van der Waals surface area contributed by atoms with Gasteiger partial charge in [0.15, 0.2) is 5.65 Å². The molecule has 0 spiro atoms. The molecule has 0 bridgehead atoms. The number of rotatable bonds is 8. The van der Waals surface area contributed by atoms with Crippen LogP contribution in [-0.4, -0.2) is 38.3 Å². The van der Waals surface area contributed by atoms with Crippen molar-refractivity contribution in [1.29, 1.82) is 0 Å². The maximum atomic E-state index is 13.0. The largest absolute Gasteiger partial charge is 0.489 e. The molecule has 0 radical (unpaired) electrons. The number of alkyl halides is 3. The molecule has 0 saturated carbocycles. The molecule has 1 atom stereocenters. The molecule has 11 heteroatoms. The summed E-state index contributed by atoms with van der Waals surface area (Å²) in [7, 11) is 0. The first-order chi connectivity index (χ1) is 18.7. The maximum absolute atomic E-state index is 13.0. The van der Waals surface area contributed by atoms with Crippen molar-refractivity contribution in [1.82, 2.24) is 19.1 Å². The Morgan fingerprint density at radius 2 is 1.64 bits per heavy atom. The van der Waals surface area contributed by atoms with E-state index in [-0.39, 0.29) is 17.4 Å². The molecule has 2 aromatic carbocycles. The molecule has 1 N–H and O–H groups in total. The minimum atomic E-state index is -4.35. The molecule has 3 heterocycles. The Hall–Kier alpha value is -4.02. The molecule has 206 valence electrons. The molecule has 0 aliphatic carbocycles. The van der Waals surface area contributed by atoms with Crippen LogP contribution in [0.15, 0.2) is 58.1 Å². The van der Waals surface area contributed by atoms with Gasteiger partial charge in [-0.05, 0) is 61.4 Å². The fourth-order valence-electron chi connectivity index (χ4n) is 4.95. The van der Waals surface area contributed by atoms with E-state index in [4.69, 9.17) is 4.74 Å². The molecule has 1 saturated heterocycles. The van der Waals surface area contributed by atoms with E-state index in [2.05, 4.69) is 9.97 Å². The van der Waals surface area contributed by atoms with Gasteiger partial charge in [0.05, 0.1) is 12.1 Å². The number of aromatic amines is 1. The zero-order valence-corrected chi connectivity index (χ0v) is 21.8. The third kappa shape index (κ3) is 5.30. The Morgan fingerprint density at radius 3 is 2.28 bits per heavy atom. The van der Waals surface area contributed by atoms with Gasteiger partial charge in [0, 0.05) is 37.3 Å². The van der Waals surface area contributed by atoms with Crippen molar-refractivity contribution in [3.63, 3.8) is 0 Å². The van der Waals surface area contributed by atoms with Crippen molar-refractivity contribution in [2.75, 3.05) is 18.0 Å². The molecule has 1 aliphatic heterocycles. The third-order valence-electron chi connectivity index (χ3n) is 6.89. The average Bonchev–Trinajstić information content (AvgIpc) is 3.57. The lowest BCUT2D eigenvalue weighted by molar-refractivity contribution is -0.137. The van der Waals surface area contributed by atoms with Gasteiger partial charge in [0.25, 0.3) is 5.56 Å². The van der Waals surface area contributed by atoms with Crippen LogP contribution < -0.4 is 20.9 Å². The first-order valence-electron chi connectivity index (χ1n) is 13.1. The van der Waals surface area contributed by atoms with Crippen molar-refractivity contribution >= 4 is 16.9 Å². The second kappa shape index (κ2) is 10.6. The van der Waals surface area contributed by atoms with Crippen molar-refractivity contribution in [3.05, 3.63) is 74.9 Å². The Bertz CT molecular complexity index is 1570. The minimum Gasteiger partial charge on any atom is -0.489 e. The van der Waals surface area contributed by atoms with Gasteiger partial charge >= 0.3 is 11.9 Å². The summed E-state index contributed by atoms with van der Waals surface area (Å²) in [5.74, 6) is 1.14. The van der Waals surface area contributed by atoms with Crippen LogP contribution in [0.25, 0.3) is 22.6 Å². The number of imidazole rings is 1. The Morgan fingerprint density at radius 1 is 0.974 bits per heavy atom. The highest BCUT2D eigenvalue weighted by molar-refractivity contribution is 5.75. The Balaban J connectivity index is 1.31. The van der Waals surface area contributed by atoms with Gasteiger partial charge < -0.3 is 14.6 Å². The second-order valence-corrected chi connectivity index (χ2v) is 9.72. The van der Waals surface area contributed by atoms with Crippen LogP contribution in [0.4, 0.5) is 18.9 Å². The fourth-order valence-corrected chi connectivity index (χ4v) is 4.95. The summed E-state index contributed by atoms with van der Waals surface area (Å²) in [5, 5.41) is 0. The third-order valence-corrected chi connectivity index (χ3v) is 6.89. The van der Waals surface area contributed by atoms with Gasteiger partial charge in [-0.25, -0.2) is 9.78 Å². The lowest BCUT2D eigenvalue weighted by Gasteiger charge is -2.20. The lowest BCUT2D eigenvalue weighted by atomic mass is 10.2. The van der Waals surface area contributed by atoms with Crippen molar-refractivity contribution in [2.24, 2.45) is 0 Å². The molecular weight excluding hydrogens is 511 g/mol. The molecule has 2 aromatic heterocycles. The smallest absolute Gasteiger partial charge is 0.416 e. The Kier molecular flexibility index (Phi) is 7.24. The van der Waals surface area contributed by atoms with E-state index in [0.717, 1.165) is 36.2 Å². The number of nitrogens with one attached hydrogen (secondary N) is 1. The number of hydrogen-bond donors (Lipinski definition) is 1. The number of benzene rings is 2. The number of H-pyrrole nitrogens is 1. The number of ether oxygens (including phenoxy) is 1. The molecule has 8 nitrogen and oxygen atoms in total. The van der Waals surface area contributed by atoms with E-state index in [1.807, 2.05) is 43.0 Å². The van der Waals surface area contributed by atoms with E-state index >= 15 is 0 Å². The van der Waals surface area contributed by atoms with E-state index in [0.29, 0.717) is 55.3 Å². The Labute approximate surface area is 222 Å². The normalized spacial score (nSPS) is 15.8. The van der Waals surface area contributed by atoms with E-state index in [1.165, 1.54) is 16.7 Å². The van der Waals surface area contributed by atoms with Gasteiger partial charge in [0.2, 0.25) is 0 Å². The summed E-state index contributed by atoms with van der Waals surface area (Å²) in [5.41, 5.74) is 0.747. The SMILES string of the molecule is CCCn1c(=O)c2[nH]c(-c3ccc(OC4CCN(c5ccc(C(F)(F)F)cc5)C4)cc3)nc2n(CCC)c1=O. The van der Waals surface area contributed by atoms with Crippen LogP contribution in [0.2, 0.25) is 0 Å². The molecule has 5 rings (SSSR count). The first kappa shape index (κ1) is 26.6. The van der Waals surface area contributed by atoms with Crippen LogP contribution in [-0.2, 0) is 19.3 Å². The summed E-state index contributed by atoms with van der Waals surface area (Å²) in [4.78, 5) is 35.6. The van der Waals surface area contributed by atoms with Gasteiger partial charge in [0.1, 0.15) is 23.2 Å². The number of hydrogen-bond acceptors (Lipinski definition) is 5. The summed E-state index contributed by atoms with van der Waals surface area (Å²) < 4.78 is 47.5. The minimum absolute atomic E-state index is 0.107. The van der Waals surface area contributed by atoms with Crippen LogP contribution in [0.3, 0.4) is 0 Å². The number of fused-ring (bicyclic) bond motifs is 1. The number of halogens is 3. The highest BCUT2D eigenvalue weighted by Crippen LogP contribution is 2.32. The first-order valence-corrected chi connectivity index (χ1v) is 13.1. The zero-order chi connectivity index (χ0) is 27.7. The lowest BCUT2D eigenvalue weighted by Crippen LogP contribution is -2.40. The standard InChI is InChI=1S/C28H30F3N5O3/c1-3-14-35-25-23(26(37)36(15-4-2)27(35)38)32-24(33-25)18-5-11-21(12-6-18)39-22-13-16-34(17-22)20-9-7-19(8-10-20)28(29,30)31/h5-12,22H,3-4,13-17H2,1-2H3,(H,32,33). The molecular formula is C28H30F3N5O3. The fraction of sp³-hybridized carbons (Fsp3) is 0.393. The average molecular weight is 542 g/mol. The van der Waals surface area contributed by atoms with Gasteiger partial charge in [-0.2, -0.15) is 13.2 Å². The molecule has 1 unspecified atom stereocenters.